The third kappa shape index (κ3) is 3.55. The summed E-state index contributed by atoms with van der Waals surface area (Å²) in [5.41, 5.74) is 0. The maximum absolute atomic E-state index is 11.5. The maximum atomic E-state index is 11.5. The topological polar surface area (TPSA) is 52.0 Å². The van der Waals surface area contributed by atoms with E-state index in [4.69, 9.17) is 10.7 Å². The molecule has 0 radical (unpaired) electrons. The van der Waals surface area contributed by atoms with Crippen molar-refractivity contribution in [2.75, 3.05) is 0 Å². The van der Waals surface area contributed by atoms with E-state index in [0.29, 0.717) is 6.04 Å². The summed E-state index contributed by atoms with van der Waals surface area (Å²) in [5, 5.41) is 0.00115. The zero-order chi connectivity index (χ0) is 14.8. The molecule has 1 heterocycles. The highest BCUT2D eigenvalue weighted by atomic mass is 35.7. The smallest absolute Gasteiger partial charge is 0.280 e. The molecular weight excluding hydrogens is 296 g/mol. The third-order valence-corrected chi connectivity index (χ3v) is 5.41. The van der Waals surface area contributed by atoms with Crippen LogP contribution in [0.4, 0.5) is 0 Å². The van der Waals surface area contributed by atoms with Crippen LogP contribution in [0.1, 0.15) is 64.2 Å². The van der Waals surface area contributed by atoms with Crippen LogP contribution in [0.2, 0.25) is 0 Å². The summed E-state index contributed by atoms with van der Waals surface area (Å²) < 4.78 is 25.1. The summed E-state index contributed by atoms with van der Waals surface area (Å²) in [4.78, 5) is 4.24. The lowest BCUT2D eigenvalue weighted by Crippen LogP contribution is -2.20. The molecule has 1 aliphatic carbocycles. The van der Waals surface area contributed by atoms with E-state index in [2.05, 4.69) is 23.4 Å². The molecule has 20 heavy (non-hydrogen) atoms. The Morgan fingerprint density at radius 2 is 2.15 bits per heavy atom. The predicted molar refractivity (Wildman–Crippen MR) is 80.5 cm³/mol. The van der Waals surface area contributed by atoms with Gasteiger partial charge in [-0.15, -0.1) is 0 Å². The van der Waals surface area contributed by atoms with Gasteiger partial charge in [0.25, 0.3) is 9.05 Å². The van der Waals surface area contributed by atoms with Gasteiger partial charge < -0.3 is 4.57 Å². The van der Waals surface area contributed by atoms with Gasteiger partial charge in [-0.1, -0.05) is 33.1 Å². The Morgan fingerprint density at radius 1 is 1.40 bits per heavy atom. The average molecular weight is 319 g/mol. The molecule has 1 aromatic heterocycles. The molecule has 2 unspecified atom stereocenters. The molecule has 0 N–H and O–H groups in total. The molecule has 2 atom stereocenters. The maximum Gasteiger partial charge on any atom is 0.280 e. The molecule has 0 saturated heterocycles. The molecular formula is C14H23ClN2O2S. The van der Waals surface area contributed by atoms with Crippen molar-refractivity contribution in [3.8, 4) is 0 Å². The zero-order valence-corrected chi connectivity index (χ0v) is 13.8. The van der Waals surface area contributed by atoms with E-state index in [1.54, 1.807) is 6.20 Å². The highest BCUT2D eigenvalue weighted by molar-refractivity contribution is 8.13. The fourth-order valence-electron chi connectivity index (χ4n) is 3.14. The summed E-state index contributed by atoms with van der Waals surface area (Å²) in [6, 6.07) is 0.370. The molecule has 0 amide bonds. The molecule has 1 aliphatic rings. The first-order valence-corrected chi connectivity index (χ1v) is 9.79. The molecule has 1 fully saturated rings. The van der Waals surface area contributed by atoms with E-state index in [1.807, 2.05) is 0 Å². The van der Waals surface area contributed by atoms with Gasteiger partial charge in [0.2, 0.25) is 0 Å². The van der Waals surface area contributed by atoms with Crippen LogP contribution in [0.3, 0.4) is 0 Å². The van der Waals surface area contributed by atoms with Crippen LogP contribution in [0.15, 0.2) is 11.2 Å². The molecule has 4 nitrogen and oxygen atoms in total. The van der Waals surface area contributed by atoms with Crippen LogP contribution >= 0.6 is 10.7 Å². The summed E-state index contributed by atoms with van der Waals surface area (Å²) in [5.74, 6) is 1.59. The number of aryl methyl sites for hydroxylation is 1. The quantitative estimate of drug-likeness (QED) is 0.773. The van der Waals surface area contributed by atoms with Crippen molar-refractivity contribution in [3.05, 3.63) is 12.0 Å². The van der Waals surface area contributed by atoms with Crippen LogP contribution in [-0.4, -0.2) is 18.0 Å². The van der Waals surface area contributed by atoms with Gasteiger partial charge in [0, 0.05) is 29.3 Å². The second-order valence-electron chi connectivity index (χ2n) is 5.69. The minimum absolute atomic E-state index is 0.00115. The normalized spacial score (nSPS) is 23.9. The number of rotatable bonds is 5. The fourth-order valence-corrected chi connectivity index (χ4v) is 3.81. The predicted octanol–water partition coefficient (Wildman–Crippen LogP) is 3.90. The van der Waals surface area contributed by atoms with Gasteiger partial charge in [-0.2, -0.15) is 0 Å². The van der Waals surface area contributed by atoms with E-state index < -0.39 is 9.05 Å². The van der Waals surface area contributed by atoms with Gasteiger partial charge in [0.1, 0.15) is 5.82 Å². The largest absolute Gasteiger partial charge is 0.330 e. The second kappa shape index (κ2) is 6.48. The Hall–Kier alpha value is -0.550. The number of hydrogen-bond donors (Lipinski definition) is 0. The minimum atomic E-state index is -3.74. The Balaban J connectivity index is 2.31. The van der Waals surface area contributed by atoms with Gasteiger partial charge in [0.05, 0.1) is 0 Å². The lowest BCUT2D eigenvalue weighted by molar-refractivity contribution is 0.257. The summed E-state index contributed by atoms with van der Waals surface area (Å²) in [6.07, 6.45) is 9.27. The van der Waals surface area contributed by atoms with E-state index in [0.717, 1.165) is 37.4 Å². The van der Waals surface area contributed by atoms with Crippen molar-refractivity contribution in [2.45, 2.75) is 69.9 Å². The van der Waals surface area contributed by atoms with E-state index in [-0.39, 0.29) is 5.03 Å². The molecule has 114 valence electrons. The van der Waals surface area contributed by atoms with Gasteiger partial charge >= 0.3 is 0 Å². The van der Waals surface area contributed by atoms with E-state index >= 15 is 0 Å². The first-order valence-electron chi connectivity index (χ1n) is 7.48. The monoisotopic (exact) mass is 318 g/mol. The summed E-state index contributed by atoms with van der Waals surface area (Å²) in [6.45, 7) is 4.30. The SMILES string of the molecule is CCCc1nc(S(=O)(=O)Cl)cn1C1CCCC(CC)C1. The first kappa shape index (κ1) is 15.8. The first-order chi connectivity index (χ1) is 9.45. The van der Waals surface area contributed by atoms with Gasteiger partial charge in [-0.05, 0) is 25.2 Å². The molecule has 0 aromatic carbocycles. The summed E-state index contributed by atoms with van der Waals surface area (Å²) in [7, 11) is 1.70. The average Bonchev–Trinajstić information content (AvgIpc) is 2.83. The van der Waals surface area contributed by atoms with Crippen LogP contribution < -0.4 is 0 Å². The highest BCUT2D eigenvalue weighted by Gasteiger charge is 2.26. The lowest BCUT2D eigenvalue weighted by atomic mass is 9.84. The second-order valence-corrected chi connectivity index (χ2v) is 8.20. The van der Waals surface area contributed by atoms with Crippen molar-refractivity contribution < 1.29 is 8.42 Å². The molecule has 1 aromatic rings. The lowest BCUT2D eigenvalue weighted by Gasteiger charge is -2.30. The Morgan fingerprint density at radius 3 is 2.75 bits per heavy atom. The van der Waals surface area contributed by atoms with Crippen LogP contribution in [0, 0.1) is 5.92 Å². The van der Waals surface area contributed by atoms with Crippen LogP contribution in [-0.2, 0) is 15.5 Å². The Bertz CT molecular complexity index is 554. The number of nitrogens with zero attached hydrogens (tertiary/aromatic N) is 2. The van der Waals surface area contributed by atoms with Gasteiger partial charge in [0.15, 0.2) is 5.03 Å². The number of aromatic nitrogens is 2. The van der Waals surface area contributed by atoms with E-state index in [1.165, 1.54) is 19.3 Å². The van der Waals surface area contributed by atoms with Crippen molar-refractivity contribution >= 4 is 19.7 Å². The number of hydrogen-bond acceptors (Lipinski definition) is 3. The standard InChI is InChI=1S/C14H23ClN2O2S/c1-3-6-13-16-14(20(15,18)19)10-17(13)12-8-5-7-11(4-2)9-12/h10-12H,3-9H2,1-2H3. The molecule has 0 aliphatic heterocycles. The van der Waals surface area contributed by atoms with Crippen molar-refractivity contribution in [3.63, 3.8) is 0 Å². The highest BCUT2D eigenvalue weighted by Crippen LogP contribution is 2.35. The molecule has 6 heteroatoms. The fraction of sp³-hybridized carbons (Fsp3) is 0.786. The van der Waals surface area contributed by atoms with E-state index in [9.17, 15) is 8.42 Å². The van der Waals surface area contributed by atoms with Gasteiger partial charge in [-0.3, -0.25) is 0 Å². The minimum Gasteiger partial charge on any atom is -0.330 e. The Labute approximate surface area is 126 Å². The molecule has 1 saturated carbocycles. The van der Waals surface area contributed by atoms with Crippen molar-refractivity contribution in [1.82, 2.24) is 9.55 Å². The van der Waals surface area contributed by atoms with Crippen LogP contribution in [0.5, 0.6) is 0 Å². The van der Waals surface area contributed by atoms with Crippen molar-refractivity contribution in [2.24, 2.45) is 5.92 Å². The van der Waals surface area contributed by atoms with Gasteiger partial charge in [-0.25, -0.2) is 13.4 Å². The summed E-state index contributed by atoms with van der Waals surface area (Å²) >= 11 is 0. The molecule has 0 spiro atoms. The Kier molecular flexibility index (Phi) is 5.13. The number of halogens is 1. The zero-order valence-electron chi connectivity index (χ0n) is 12.2. The molecule has 2 rings (SSSR count). The van der Waals surface area contributed by atoms with Crippen LogP contribution in [0.25, 0.3) is 0 Å². The molecule has 0 bridgehead atoms. The van der Waals surface area contributed by atoms with Crippen molar-refractivity contribution in [1.29, 1.82) is 0 Å². The third-order valence-electron chi connectivity index (χ3n) is 4.24. The number of imidazole rings is 1.